The van der Waals surface area contributed by atoms with E-state index in [4.69, 9.17) is 25.5 Å². The summed E-state index contributed by atoms with van der Waals surface area (Å²) in [5.41, 5.74) is 0. The molecule has 1 unspecified atom stereocenters. The molecule has 0 spiro atoms. The second-order valence-corrected chi connectivity index (χ2v) is 3.14. The van der Waals surface area contributed by atoms with Gasteiger partial charge in [0.15, 0.2) is 11.9 Å². The lowest BCUT2D eigenvalue weighted by Gasteiger charge is -1.97. The van der Waals surface area contributed by atoms with Crippen LogP contribution in [0.4, 0.5) is 0 Å². The Labute approximate surface area is 103 Å². The van der Waals surface area contributed by atoms with Crippen molar-refractivity contribution in [1.29, 1.82) is 0 Å². The highest BCUT2D eigenvalue weighted by atomic mass is 16.4. The molecule has 0 aromatic rings. The molecule has 0 aliphatic carbocycles. The monoisotopic (exact) mass is 264 g/mol. The first-order valence-electron chi connectivity index (χ1n) is 4.97. The van der Waals surface area contributed by atoms with Crippen molar-refractivity contribution in [1.82, 2.24) is 0 Å². The maximum Gasteiger partial charge on any atom is 0.370 e. The molecule has 0 aliphatic heterocycles. The molecule has 0 heterocycles. The van der Waals surface area contributed by atoms with Gasteiger partial charge in [0.1, 0.15) is 0 Å². The van der Waals surface area contributed by atoms with E-state index in [9.17, 15) is 14.4 Å². The van der Waals surface area contributed by atoms with Gasteiger partial charge in [0.2, 0.25) is 0 Å². The van der Waals surface area contributed by atoms with E-state index >= 15 is 0 Å². The number of carboxylic acid groups (broad SMARTS) is 3. The van der Waals surface area contributed by atoms with Crippen molar-refractivity contribution in [2.75, 3.05) is 0 Å². The van der Waals surface area contributed by atoms with Gasteiger partial charge in [-0.25, -0.2) is 9.59 Å². The van der Waals surface area contributed by atoms with Crippen molar-refractivity contribution < 1.29 is 39.9 Å². The third-order valence-corrected chi connectivity index (χ3v) is 1.50. The highest BCUT2D eigenvalue weighted by Gasteiger charge is 2.16. The zero-order valence-electron chi connectivity index (χ0n) is 9.74. The largest absolute Gasteiger partial charge is 0.502 e. The zero-order valence-corrected chi connectivity index (χ0v) is 9.74. The molecule has 5 N–H and O–H groups in total. The van der Waals surface area contributed by atoms with Gasteiger partial charge in [0.25, 0.3) is 0 Å². The number of carboxylic acids is 3. The predicted molar refractivity (Wildman–Crippen MR) is 59.2 cm³/mol. The molecule has 0 amide bonds. The summed E-state index contributed by atoms with van der Waals surface area (Å²) < 4.78 is 0. The summed E-state index contributed by atoms with van der Waals surface area (Å²) in [7, 11) is 0. The number of aliphatic hydroxyl groups is 2. The zero-order chi connectivity index (χ0) is 14.7. The fourth-order valence-corrected chi connectivity index (χ4v) is 0.621. The van der Waals surface area contributed by atoms with Gasteiger partial charge in [0.05, 0.1) is 6.42 Å². The van der Waals surface area contributed by atoms with E-state index < -0.39 is 36.2 Å². The van der Waals surface area contributed by atoms with E-state index in [2.05, 4.69) is 0 Å². The molecule has 8 nitrogen and oxygen atoms in total. The van der Waals surface area contributed by atoms with Crippen LogP contribution in [0.1, 0.15) is 26.2 Å². The van der Waals surface area contributed by atoms with Crippen molar-refractivity contribution in [3.63, 3.8) is 0 Å². The van der Waals surface area contributed by atoms with Gasteiger partial charge < -0.3 is 25.5 Å². The van der Waals surface area contributed by atoms with E-state index in [-0.39, 0.29) is 0 Å². The third kappa shape index (κ3) is 12.0. The van der Waals surface area contributed by atoms with Crippen LogP contribution >= 0.6 is 0 Å². The summed E-state index contributed by atoms with van der Waals surface area (Å²) in [6.07, 6.45) is 0.204. The molecule has 1 atom stereocenters. The van der Waals surface area contributed by atoms with E-state index in [0.717, 1.165) is 6.42 Å². The molecule has 0 bridgehead atoms. The smallest absolute Gasteiger partial charge is 0.370 e. The Morgan fingerprint density at radius 3 is 1.83 bits per heavy atom. The Hall–Kier alpha value is -2.09. The minimum atomic E-state index is -1.79. The third-order valence-electron chi connectivity index (χ3n) is 1.50. The summed E-state index contributed by atoms with van der Waals surface area (Å²) in [5.74, 6) is -4.66. The maximum atomic E-state index is 9.89. The second-order valence-electron chi connectivity index (χ2n) is 3.14. The lowest BCUT2D eigenvalue weighted by molar-refractivity contribution is -0.152. The van der Waals surface area contributed by atoms with E-state index in [1.165, 1.54) is 6.08 Å². The second kappa shape index (κ2) is 10.1. The van der Waals surface area contributed by atoms with Gasteiger partial charge in [-0.3, -0.25) is 4.79 Å². The number of hydrogen-bond acceptors (Lipinski definition) is 5. The Kier molecular flexibility index (Phi) is 10.2. The maximum absolute atomic E-state index is 9.89. The van der Waals surface area contributed by atoms with Crippen LogP contribution in [0.5, 0.6) is 0 Å². The minimum absolute atomic E-state index is 0.558. The molecule has 104 valence electrons. The summed E-state index contributed by atoms with van der Waals surface area (Å²) in [6.45, 7) is 1.91. The number of unbranched alkanes of at least 4 members (excludes halogenated alkanes) is 1. The Morgan fingerprint density at radius 2 is 1.61 bits per heavy atom. The molecule has 0 aromatic carbocycles. The fraction of sp³-hybridized carbons (Fsp3) is 0.500. The van der Waals surface area contributed by atoms with Crippen LogP contribution < -0.4 is 0 Å². The minimum Gasteiger partial charge on any atom is -0.502 e. The highest BCUT2D eigenvalue weighted by Crippen LogP contribution is 1.94. The average molecular weight is 264 g/mol. The number of carbonyl (C=O) groups is 3. The summed E-state index contributed by atoms with van der Waals surface area (Å²) in [6, 6.07) is 0. The van der Waals surface area contributed by atoms with Gasteiger partial charge >= 0.3 is 17.9 Å². The van der Waals surface area contributed by atoms with Gasteiger partial charge in [-0.1, -0.05) is 13.3 Å². The van der Waals surface area contributed by atoms with Crippen molar-refractivity contribution in [3.8, 4) is 0 Å². The molecule has 0 rings (SSSR count). The molecule has 0 aliphatic rings. The first-order valence-corrected chi connectivity index (χ1v) is 4.97. The number of aliphatic hydroxyl groups excluding tert-OH is 2. The first kappa shape index (κ1) is 18.3. The van der Waals surface area contributed by atoms with E-state index in [1.807, 2.05) is 6.92 Å². The Balaban J connectivity index is 0. The number of aliphatic carboxylic acids is 3. The van der Waals surface area contributed by atoms with Crippen LogP contribution in [0.3, 0.4) is 0 Å². The van der Waals surface area contributed by atoms with Crippen molar-refractivity contribution in [2.24, 2.45) is 0 Å². The molecule has 0 radical (unpaired) electrons. The van der Waals surface area contributed by atoms with E-state index in [1.54, 1.807) is 0 Å². The molecular weight excluding hydrogens is 248 g/mol. The normalized spacial score (nSPS) is 12.0. The number of hydrogen-bond donors (Lipinski definition) is 5. The highest BCUT2D eigenvalue weighted by molar-refractivity contribution is 5.83. The van der Waals surface area contributed by atoms with Crippen LogP contribution in [0.25, 0.3) is 0 Å². The van der Waals surface area contributed by atoms with Gasteiger partial charge in [-0.2, -0.15) is 0 Å². The SMILES string of the molecule is CCC/C=C(\O)C(=O)O.O=C(O)CC(O)C(=O)O. The number of rotatable bonds is 6. The molecule has 18 heavy (non-hydrogen) atoms. The quantitative estimate of drug-likeness (QED) is 0.337. The topological polar surface area (TPSA) is 152 Å². The molecule has 0 fully saturated rings. The summed E-state index contributed by atoms with van der Waals surface area (Å²) >= 11 is 0. The first-order chi connectivity index (χ1) is 8.22. The van der Waals surface area contributed by atoms with Crippen LogP contribution in [-0.2, 0) is 14.4 Å². The van der Waals surface area contributed by atoms with Crippen LogP contribution in [-0.4, -0.2) is 49.5 Å². The van der Waals surface area contributed by atoms with Crippen molar-refractivity contribution in [3.05, 3.63) is 11.8 Å². The average Bonchev–Trinajstić information content (AvgIpc) is 2.25. The van der Waals surface area contributed by atoms with Gasteiger partial charge in [-0.15, -0.1) is 0 Å². The molecule has 8 heteroatoms. The van der Waals surface area contributed by atoms with Crippen molar-refractivity contribution in [2.45, 2.75) is 32.3 Å². The van der Waals surface area contributed by atoms with Crippen LogP contribution in [0.2, 0.25) is 0 Å². The van der Waals surface area contributed by atoms with Crippen LogP contribution in [0, 0.1) is 0 Å². The molecular formula is C10H16O8. The van der Waals surface area contributed by atoms with Crippen molar-refractivity contribution >= 4 is 17.9 Å². The predicted octanol–water partition coefficient (Wildman–Crippen LogP) is 0.220. The Morgan fingerprint density at radius 1 is 1.11 bits per heavy atom. The summed E-state index contributed by atoms with van der Waals surface area (Å²) in [4.78, 5) is 29.3. The lowest BCUT2D eigenvalue weighted by Crippen LogP contribution is -2.22. The number of allylic oxidation sites excluding steroid dienone is 1. The summed E-state index contributed by atoms with van der Waals surface area (Å²) in [5, 5.41) is 40.8. The van der Waals surface area contributed by atoms with E-state index in [0.29, 0.717) is 6.42 Å². The van der Waals surface area contributed by atoms with Gasteiger partial charge in [0, 0.05) is 0 Å². The molecule has 0 saturated carbocycles. The Bertz CT molecular complexity index is 320. The molecule has 0 aromatic heterocycles. The van der Waals surface area contributed by atoms with Gasteiger partial charge in [-0.05, 0) is 12.5 Å². The lowest BCUT2D eigenvalue weighted by atomic mass is 10.3. The molecule has 0 saturated heterocycles. The van der Waals surface area contributed by atoms with Crippen LogP contribution in [0.15, 0.2) is 11.8 Å². The standard InChI is InChI=1S/C6H10O3.C4H6O5/c1-2-3-4-5(7)6(8)9;5-2(4(8)9)1-3(6)7/h4,7H,2-3H2,1H3,(H,8,9);2,5H,1H2,(H,6,7)(H,8,9)/b5-4-;. The fourth-order valence-electron chi connectivity index (χ4n) is 0.621.